The number of nitrogens with two attached hydrogens (primary N) is 1. The molecule has 0 saturated carbocycles. The van der Waals surface area contributed by atoms with Crippen LogP contribution in [0.3, 0.4) is 0 Å². The standard InChI is InChI=1S/C24H31F2N7O3/c1-22(2)35-19-17(11-32-13-24(25,26)12-23(32)5-8-31(9-6-23)10-7-27)34-18(20(19)36-22)15-3-4-16-21(28)29-14-30-33(15)16/h3-4,14,17-20H,5-6,8-13H2,1-2H3,(H2,28,29,30)/t17-,18+,19-,20+/m1/s1. The van der Waals surface area contributed by atoms with Crippen LogP contribution in [0.1, 0.15) is 44.9 Å². The van der Waals surface area contributed by atoms with Gasteiger partial charge in [-0.3, -0.25) is 9.80 Å². The second-order valence-electron chi connectivity index (χ2n) is 10.9. The summed E-state index contributed by atoms with van der Waals surface area (Å²) in [6, 6.07) is 5.88. The van der Waals surface area contributed by atoms with Gasteiger partial charge in [-0.25, -0.2) is 18.3 Å². The molecule has 0 aromatic carbocycles. The van der Waals surface area contributed by atoms with Crippen LogP contribution in [0.25, 0.3) is 5.52 Å². The molecule has 0 radical (unpaired) electrons. The van der Waals surface area contributed by atoms with E-state index in [1.165, 1.54) is 6.33 Å². The molecule has 2 N–H and O–H groups in total. The summed E-state index contributed by atoms with van der Waals surface area (Å²) in [4.78, 5) is 7.99. The minimum absolute atomic E-state index is 0.174. The summed E-state index contributed by atoms with van der Waals surface area (Å²) in [6.07, 6.45) is 0.599. The minimum Gasteiger partial charge on any atom is -0.382 e. The van der Waals surface area contributed by atoms with Crippen molar-refractivity contribution in [3.8, 4) is 6.07 Å². The topological polar surface area (TPSA) is 114 Å². The molecule has 6 heterocycles. The third-order valence-corrected chi connectivity index (χ3v) is 8.11. The highest BCUT2D eigenvalue weighted by Gasteiger charge is 2.60. The lowest BCUT2D eigenvalue weighted by Gasteiger charge is -2.45. The highest BCUT2D eigenvalue weighted by atomic mass is 19.3. The fourth-order valence-corrected chi connectivity index (χ4v) is 6.55. The molecule has 0 unspecified atom stereocenters. The Bertz CT molecular complexity index is 1190. The maximum atomic E-state index is 14.8. The molecule has 1 spiro atoms. The summed E-state index contributed by atoms with van der Waals surface area (Å²) in [6.45, 7) is 5.29. The van der Waals surface area contributed by atoms with E-state index >= 15 is 0 Å². The SMILES string of the molecule is CC1(C)O[C@@H]2[C@H](O1)[C@@H](CN1CC(F)(F)CC13CCN(CC#N)CC3)O[C@H]2c1ccc2c(N)ncnn12. The van der Waals surface area contributed by atoms with E-state index in [0.717, 1.165) is 5.69 Å². The molecule has 194 valence electrons. The number of halogens is 2. The number of aromatic nitrogens is 3. The Balaban J connectivity index is 1.28. The molecule has 2 aromatic rings. The van der Waals surface area contributed by atoms with E-state index in [2.05, 4.69) is 16.2 Å². The van der Waals surface area contributed by atoms with Crippen molar-refractivity contribution in [3.05, 3.63) is 24.2 Å². The van der Waals surface area contributed by atoms with E-state index in [4.69, 9.17) is 25.2 Å². The lowest BCUT2D eigenvalue weighted by Crippen LogP contribution is -2.54. The number of piperidine rings is 1. The first-order valence-electron chi connectivity index (χ1n) is 12.4. The summed E-state index contributed by atoms with van der Waals surface area (Å²) in [5, 5.41) is 13.4. The van der Waals surface area contributed by atoms with E-state index in [-0.39, 0.29) is 13.0 Å². The summed E-state index contributed by atoms with van der Waals surface area (Å²) < 4.78 is 50.4. The maximum Gasteiger partial charge on any atom is 0.262 e. The molecule has 0 amide bonds. The van der Waals surface area contributed by atoms with Crippen molar-refractivity contribution >= 4 is 11.3 Å². The quantitative estimate of drug-likeness (QED) is 0.626. The number of hydrogen-bond acceptors (Lipinski definition) is 9. The van der Waals surface area contributed by atoms with Crippen LogP contribution in [0.5, 0.6) is 0 Å². The van der Waals surface area contributed by atoms with Crippen LogP contribution in [0.4, 0.5) is 14.6 Å². The highest BCUT2D eigenvalue weighted by molar-refractivity contribution is 5.65. The number of nitrogens with zero attached hydrogens (tertiary/aromatic N) is 6. The van der Waals surface area contributed by atoms with Gasteiger partial charge in [-0.2, -0.15) is 10.4 Å². The van der Waals surface area contributed by atoms with Crippen LogP contribution in [0.15, 0.2) is 18.5 Å². The third-order valence-electron chi connectivity index (χ3n) is 8.11. The number of anilines is 1. The Hall–Kier alpha value is -2.43. The van der Waals surface area contributed by atoms with Crippen LogP contribution in [0, 0.1) is 11.3 Å². The van der Waals surface area contributed by atoms with Crippen molar-refractivity contribution in [1.82, 2.24) is 24.4 Å². The van der Waals surface area contributed by atoms with E-state index in [9.17, 15) is 8.78 Å². The normalized spacial score (nSPS) is 33.3. The number of ether oxygens (including phenoxy) is 3. The summed E-state index contributed by atoms with van der Waals surface area (Å²) in [5.74, 6) is -3.24. The zero-order valence-corrected chi connectivity index (χ0v) is 20.4. The predicted molar refractivity (Wildman–Crippen MR) is 124 cm³/mol. The highest BCUT2D eigenvalue weighted by Crippen LogP contribution is 2.49. The van der Waals surface area contributed by atoms with Gasteiger partial charge < -0.3 is 19.9 Å². The lowest BCUT2D eigenvalue weighted by molar-refractivity contribution is -0.191. The molecule has 4 saturated heterocycles. The van der Waals surface area contributed by atoms with E-state index < -0.39 is 41.7 Å². The molecule has 0 bridgehead atoms. The van der Waals surface area contributed by atoms with Gasteiger partial charge in [0.05, 0.1) is 24.9 Å². The summed E-state index contributed by atoms with van der Waals surface area (Å²) in [7, 11) is 0. The monoisotopic (exact) mass is 503 g/mol. The van der Waals surface area contributed by atoms with Crippen LogP contribution >= 0.6 is 0 Å². The van der Waals surface area contributed by atoms with E-state index in [0.29, 0.717) is 50.4 Å². The van der Waals surface area contributed by atoms with Gasteiger partial charge in [0.2, 0.25) is 0 Å². The first-order valence-corrected chi connectivity index (χ1v) is 12.4. The maximum absolute atomic E-state index is 14.8. The molecule has 12 heteroatoms. The second-order valence-corrected chi connectivity index (χ2v) is 10.9. The molecule has 6 rings (SSSR count). The van der Waals surface area contributed by atoms with E-state index in [1.807, 2.05) is 35.8 Å². The van der Waals surface area contributed by atoms with Crippen molar-refractivity contribution < 1.29 is 23.0 Å². The Morgan fingerprint density at radius 1 is 1.19 bits per heavy atom. The van der Waals surface area contributed by atoms with Gasteiger partial charge in [-0.1, -0.05) is 0 Å². The van der Waals surface area contributed by atoms with Crippen molar-refractivity contribution in [2.75, 3.05) is 38.5 Å². The fourth-order valence-electron chi connectivity index (χ4n) is 6.55. The van der Waals surface area contributed by atoms with Gasteiger partial charge in [0, 0.05) is 31.6 Å². The number of hydrogen-bond donors (Lipinski definition) is 1. The number of rotatable bonds is 4. The molecule has 0 aliphatic carbocycles. The predicted octanol–water partition coefficient (Wildman–Crippen LogP) is 1.97. The molecule has 4 fully saturated rings. The minimum atomic E-state index is -2.77. The first kappa shape index (κ1) is 23.9. The molecule has 10 nitrogen and oxygen atoms in total. The van der Waals surface area contributed by atoms with Gasteiger partial charge in [0.15, 0.2) is 11.6 Å². The van der Waals surface area contributed by atoms with Crippen LogP contribution in [-0.4, -0.2) is 92.7 Å². The van der Waals surface area contributed by atoms with Crippen molar-refractivity contribution in [2.45, 2.75) is 74.8 Å². The molecule has 4 atom stereocenters. The second kappa shape index (κ2) is 8.29. The molecular weight excluding hydrogens is 472 g/mol. The molecule has 4 aliphatic heterocycles. The zero-order chi connectivity index (χ0) is 25.3. The lowest BCUT2D eigenvalue weighted by atomic mass is 9.84. The zero-order valence-electron chi connectivity index (χ0n) is 20.4. The first-order chi connectivity index (χ1) is 17.1. The van der Waals surface area contributed by atoms with Crippen molar-refractivity contribution in [1.29, 1.82) is 5.26 Å². The molecule has 36 heavy (non-hydrogen) atoms. The Morgan fingerprint density at radius 3 is 2.69 bits per heavy atom. The van der Waals surface area contributed by atoms with Crippen LogP contribution in [-0.2, 0) is 14.2 Å². The molecule has 4 aliphatic rings. The van der Waals surface area contributed by atoms with Gasteiger partial charge in [-0.05, 0) is 38.8 Å². The number of likely N-dealkylation sites (tertiary alicyclic amines) is 2. The summed E-state index contributed by atoms with van der Waals surface area (Å²) in [5.41, 5.74) is 6.82. The molecular formula is C24H31F2N7O3. The summed E-state index contributed by atoms with van der Waals surface area (Å²) >= 11 is 0. The van der Waals surface area contributed by atoms with Gasteiger partial charge in [-0.15, -0.1) is 0 Å². The fraction of sp³-hybridized carbons (Fsp3) is 0.708. The van der Waals surface area contributed by atoms with Gasteiger partial charge in [0.25, 0.3) is 5.92 Å². The number of fused-ring (bicyclic) bond motifs is 2. The van der Waals surface area contributed by atoms with Crippen molar-refractivity contribution in [3.63, 3.8) is 0 Å². The van der Waals surface area contributed by atoms with Gasteiger partial charge in [0.1, 0.15) is 36.3 Å². The number of nitriles is 1. The van der Waals surface area contributed by atoms with Gasteiger partial charge >= 0.3 is 0 Å². The number of nitrogen functional groups attached to an aromatic ring is 1. The van der Waals surface area contributed by atoms with Crippen molar-refractivity contribution in [2.24, 2.45) is 0 Å². The Labute approximate surface area is 207 Å². The average Bonchev–Trinajstić information content (AvgIpc) is 3.51. The average molecular weight is 504 g/mol. The largest absolute Gasteiger partial charge is 0.382 e. The Kier molecular flexibility index (Phi) is 5.51. The van der Waals surface area contributed by atoms with Crippen LogP contribution < -0.4 is 5.73 Å². The van der Waals surface area contributed by atoms with E-state index in [1.54, 1.807) is 4.52 Å². The molecule has 2 aromatic heterocycles. The smallest absolute Gasteiger partial charge is 0.262 e. The van der Waals surface area contributed by atoms with Crippen LogP contribution in [0.2, 0.25) is 0 Å². The third kappa shape index (κ3) is 3.94. The number of alkyl halides is 2. The Morgan fingerprint density at radius 2 is 1.94 bits per heavy atom.